The third-order valence-electron chi connectivity index (χ3n) is 16.3. The highest BCUT2D eigenvalue weighted by Crippen LogP contribution is 2.57. The molecule has 2 aliphatic heterocycles. The van der Waals surface area contributed by atoms with Gasteiger partial charge in [-0.25, -0.2) is 4.79 Å². The quantitative estimate of drug-likeness (QED) is 0.0828. The lowest BCUT2D eigenvalue weighted by molar-refractivity contribution is -0.144. The zero-order valence-corrected chi connectivity index (χ0v) is 41.9. The van der Waals surface area contributed by atoms with E-state index in [1.807, 2.05) is 48.5 Å². The molecule has 1 amide bonds. The number of carboxylic acid groups (broad SMARTS) is 1. The fourth-order valence-electron chi connectivity index (χ4n) is 12.5. The van der Waals surface area contributed by atoms with E-state index in [0.717, 1.165) is 113 Å². The second-order valence-corrected chi connectivity index (χ2v) is 21.8. The maximum atomic E-state index is 13.3. The standard InChI is InChI=1S/C57H73ClN4O7/c1-40(36-69-51-18-25-59-50-14-4-9-41(2)53(50)51)31-44-33-43-16-17-48(35-49(43)56(44)21-23-57(24-22-56,54(64)65)60-46-12-6-11-45(58)34-46)67-29-7-15-52(63)61(3)26-19-42-10-5-13-47(32-42)68-30-27-62-37-55(38-62)20-8-28-66-39-55/h5-6,10-13,16-18,25,32,34-35,40-41,44,60H,4,7-9,14-15,19-24,26-31,33,36-39H2,1-3H3,(H,64,65)/t40-,41-,44+,56?,57?/m1/s1. The number of halogens is 1. The number of likely N-dealkylation sites (N-methyl/N-ethyl adjacent to an activating group) is 1. The second kappa shape index (κ2) is 21.7. The Morgan fingerprint density at radius 2 is 1.78 bits per heavy atom. The molecule has 9 rings (SSSR count). The van der Waals surface area contributed by atoms with Crippen LogP contribution in [0.1, 0.15) is 118 Å². The Bertz CT molecular complexity index is 2410. The first kappa shape index (κ1) is 49.2. The van der Waals surface area contributed by atoms with Gasteiger partial charge < -0.3 is 34.3 Å². The van der Waals surface area contributed by atoms with E-state index in [1.54, 1.807) is 12.1 Å². The molecule has 3 aliphatic carbocycles. The molecule has 69 heavy (non-hydrogen) atoms. The number of nitrogens with zero attached hydrogens (tertiary/aromatic N) is 3. The van der Waals surface area contributed by atoms with Crippen molar-refractivity contribution in [2.24, 2.45) is 17.3 Å². The van der Waals surface area contributed by atoms with E-state index in [4.69, 9.17) is 35.5 Å². The molecule has 370 valence electrons. The summed E-state index contributed by atoms with van der Waals surface area (Å²) in [5.41, 5.74) is 5.96. The van der Waals surface area contributed by atoms with Crippen LogP contribution in [0.25, 0.3) is 0 Å². The van der Waals surface area contributed by atoms with Crippen molar-refractivity contribution in [3.63, 3.8) is 0 Å². The number of benzene rings is 3. The molecule has 12 heteroatoms. The number of carbonyl (C=O) groups excluding carboxylic acids is 1. The van der Waals surface area contributed by atoms with E-state index in [1.165, 1.54) is 35.2 Å². The minimum absolute atomic E-state index is 0.101. The van der Waals surface area contributed by atoms with E-state index in [-0.39, 0.29) is 17.2 Å². The molecule has 3 fully saturated rings. The molecule has 0 bridgehead atoms. The third kappa shape index (κ3) is 11.4. The number of aromatic nitrogens is 1. The number of fused-ring (bicyclic) bond motifs is 3. The average molecular weight is 962 g/mol. The van der Waals surface area contributed by atoms with Crippen LogP contribution in [0.15, 0.2) is 79.0 Å². The summed E-state index contributed by atoms with van der Waals surface area (Å²) in [6, 6.07) is 24.1. The molecular weight excluding hydrogens is 888 g/mol. The highest BCUT2D eigenvalue weighted by atomic mass is 35.5. The van der Waals surface area contributed by atoms with Crippen molar-refractivity contribution in [2.45, 2.75) is 121 Å². The van der Waals surface area contributed by atoms with Gasteiger partial charge in [0, 0.05) is 79.8 Å². The normalized spacial score (nSPS) is 24.2. The van der Waals surface area contributed by atoms with Gasteiger partial charge in [0.25, 0.3) is 0 Å². The molecule has 3 heterocycles. The first-order valence-corrected chi connectivity index (χ1v) is 26.2. The van der Waals surface area contributed by atoms with Gasteiger partial charge in [-0.15, -0.1) is 0 Å². The topological polar surface area (TPSA) is 123 Å². The van der Waals surface area contributed by atoms with Crippen molar-refractivity contribution in [3.05, 3.63) is 112 Å². The Kier molecular flexibility index (Phi) is 15.4. The molecule has 3 aromatic carbocycles. The monoisotopic (exact) mass is 961 g/mol. The number of pyridine rings is 1. The average Bonchev–Trinajstić information content (AvgIpc) is 3.62. The first-order chi connectivity index (χ1) is 33.4. The first-order valence-electron chi connectivity index (χ1n) is 25.8. The lowest BCUT2D eigenvalue weighted by Crippen LogP contribution is -2.60. The summed E-state index contributed by atoms with van der Waals surface area (Å²) >= 11 is 6.34. The summed E-state index contributed by atoms with van der Waals surface area (Å²) < 4.78 is 24.9. The summed E-state index contributed by atoms with van der Waals surface area (Å²) in [4.78, 5) is 35.4. The van der Waals surface area contributed by atoms with Gasteiger partial charge in [-0.2, -0.15) is 0 Å². The molecule has 5 aliphatic rings. The summed E-state index contributed by atoms with van der Waals surface area (Å²) in [5, 5.41) is 14.8. The van der Waals surface area contributed by atoms with Crippen LogP contribution in [-0.4, -0.2) is 104 Å². The van der Waals surface area contributed by atoms with Gasteiger partial charge >= 0.3 is 5.97 Å². The summed E-state index contributed by atoms with van der Waals surface area (Å²) in [6.45, 7) is 11.8. The molecule has 2 saturated heterocycles. The number of likely N-dealkylation sites (tertiary alicyclic amines) is 1. The SMILES string of the molecule is C[C@@H](COc1ccnc2c1[C@H](C)CCC2)C[C@H]1Cc2ccc(OCCCC(=O)N(C)CCc3cccc(OCCN4CC5(CCCOC5)C4)c3)cc2C12CCC(Nc1cccc(Cl)c1)(C(=O)O)CC2. The van der Waals surface area contributed by atoms with Crippen LogP contribution in [0.2, 0.25) is 5.02 Å². The largest absolute Gasteiger partial charge is 0.494 e. The third-order valence-corrected chi connectivity index (χ3v) is 16.6. The smallest absolute Gasteiger partial charge is 0.329 e. The van der Waals surface area contributed by atoms with Crippen LogP contribution in [0.4, 0.5) is 5.69 Å². The molecule has 2 N–H and O–H groups in total. The summed E-state index contributed by atoms with van der Waals surface area (Å²) in [6.07, 6.45) is 13.7. The number of amides is 1. The number of nitrogens with one attached hydrogen (secondary N) is 1. The zero-order valence-electron chi connectivity index (χ0n) is 41.1. The van der Waals surface area contributed by atoms with Gasteiger partial charge in [0.15, 0.2) is 0 Å². The molecular formula is C57H73ClN4O7. The van der Waals surface area contributed by atoms with E-state index >= 15 is 0 Å². The number of aliphatic carboxylic acids is 1. The lowest BCUT2D eigenvalue weighted by Gasteiger charge is -2.52. The van der Waals surface area contributed by atoms with Gasteiger partial charge in [0.2, 0.25) is 5.91 Å². The highest BCUT2D eigenvalue weighted by molar-refractivity contribution is 6.30. The van der Waals surface area contributed by atoms with Crippen LogP contribution >= 0.6 is 11.6 Å². The van der Waals surface area contributed by atoms with Crippen molar-refractivity contribution in [2.75, 3.05) is 71.6 Å². The van der Waals surface area contributed by atoms with E-state index in [2.05, 4.69) is 54.4 Å². The number of hydrogen-bond donors (Lipinski definition) is 2. The summed E-state index contributed by atoms with van der Waals surface area (Å²) in [7, 11) is 1.88. The van der Waals surface area contributed by atoms with Crippen LogP contribution in [0.3, 0.4) is 0 Å². The predicted octanol–water partition coefficient (Wildman–Crippen LogP) is 10.6. The number of carboxylic acids is 1. The Hall–Kier alpha value is -4.84. The Balaban J connectivity index is 0.789. The van der Waals surface area contributed by atoms with Gasteiger partial charge in [-0.3, -0.25) is 14.7 Å². The number of rotatable bonds is 20. The number of anilines is 1. The van der Waals surface area contributed by atoms with Crippen molar-refractivity contribution >= 4 is 29.2 Å². The van der Waals surface area contributed by atoms with Crippen LogP contribution in [0.5, 0.6) is 17.2 Å². The van der Waals surface area contributed by atoms with Gasteiger partial charge in [0.05, 0.1) is 19.8 Å². The molecule has 1 aromatic heterocycles. The Morgan fingerprint density at radius 3 is 2.58 bits per heavy atom. The maximum absolute atomic E-state index is 13.3. The Morgan fingerprint density at radius 1 is 0.971 bits per heavy atom. The van der Waals surface area contributed by atoms with Crippen LogP contribution in [-0.2, 0) is 39.0 Å². The van der Waals surface area contributed by atoms with E-state index < -0.39 is 11.5 Å². The second-order valence-electron chi connectivity index (χ2n) is 21.4. The van der Waals surface area contributed by atoms with Crippen LogP contribution < -0.4 is 19.5 Å². The van der Waals surface area contributed by atoms with E-state index in [9.17, 15) is 14.7 Å². The van der Waals surface area contributed by atoms with Crippen molar-refractivity contribution < 1.29 is 33.6 Å². The van der Waals surface area contributed by atoms with Crippen molar-refractivity contribution in [1.82, 2.24) is 14.8 Å². The fraction of sp³-hybridized carbons (Fsp3) is 0.561. The molecule has 0 unspecified atom stereocenters. The number of carbonyl (C=O) groups is 2. The molecule has 11 nitrogen and oxygen atoms in total. The zero-order chi connectivity index (χ0) is 48.0. The van der Waals surface area contributed by atoms with Gasteiger partial charge in [0.1, 0.15) is 29.4 Å². The van der Waals surface area contributed by atoms with Gasteiger partial charge in [-0.05, 0) is 172 Å². The molecule has 1 saturated carbocycles. The van der Waals surface area contributed by atoms with Gasteiger partial charge in [-0.1, -0.05) is 49.7 Å². The van der Waals surface area contributed by atoms with Crippen molar-refractivity contribution in [1.29, 1.82) is 0 Å². The number of hydrogen-bond acceptors (Lipinski definition) is 9. The number of aryl methyl sites for hydroxylation is 1. The highest BCUT2D eigenvalue weighted by Gasteiger charge is 2.54. The predicted molar refractivity (Wildman–Crippen MR) is 271 cm³/mol. The lowest BCUT2D eigenvalue weighted by atomic mass is 9.59. The minimum Gasteiger partial charge on any atom is -0.494 e. The molecule has 4 aromatic rings. The fourth-order valence-corrected chi connectivity index (χ4v) is 12.7. The number of ether oxygens (including phenoxy) is 4. The minimum atomic E-state index is -1.11. The Labute approximate surface area is 414 Å². The van der Waals surface area contributed by atoms with E-state index in [0.29, 0.717) is 74.3 Å². The summed E-state index contributed by atoms with van der Waals surface area (Å²) in [5.74, 6) is 2.93. The molecule has 3 atom stereocenters. The van der Waals surface area contributed by atoms with Crippen LogP contribution in [0, 0.1) is 17.3 Å². The molecule has 2 spiro atoms. The van der Waals surface area contributed by atoms with Crippen molar-refractivity contribution in [3.8, 4) is 17.2 Å². The maximum Gasteiger partial charge on any atom is 0.329 e. The molecule has 0 radical (unpaired) electrons.